The third-order valence-corrected chi connectivity index (χ3v) is 6.43. The molecule has 0 saturated carbocycles. The van der Waals surface area contributed by atoms with Gasteiger partial charge in [-0.05, 0) is 43.0 Å². The lowest BCUT2D eigenvalue weighted by Gasteiger charge is -2.36. The van der Waals surface area contributed by atoms with E-state index in [0.717, 1.165) is 22.2 Å². The van der Waals surface area contributed by atoms with Crippen LogP contribution in [0.2, 0.25) is 0 Å². The first kappa shape index (κ1) is 19.2. The largest absolute Gasteiger partial charge is 0.387 e. The summed E-state index contributed by atoms with van der Waals surface area (Å²) in [6.45, 7) is 3.76. The normalized spacial score (nSPS) is 31.2. The highest BCUT2D eigenvalue weighted by Gasteiger charge is 2.48. The van der Waals surface area contributed by atoms with E-state index in [4.69, 9.17) is 4.74 Å². The van der Waals surface area contributed by atoms with Crippen LogP contribution in [0.5, 0.6) is 0 Å². The summed E-state index contributed by atoms with van der Waals surface area (Å²) < 4.78 is 7.60. The van der Waals surface area contributed by atoms with Crippen molar-refractivity contribution in [1.29, 1.82) is 5.26 Å². The summed E-state index contributed by atoms with van der Waals surface area (Å²) in [7, 11) is 0. The number of nitriles is 1. The quantitative estimate of drug-likeness (QED) is 0.601. The second-order valence-electron chi connectivity index (χ2n) is 8.37. The van der Waals surface area contributed by atoms with Crippen LogP contribution in [0, 0.1) is 18.3 Å². The second-order valence-corrected chi connectivity index (χ2v) is 8.37. The van der Waals surface area contributed by atoms with E-state index >= 15 is 0 Å². The van der Waals surface area contributed by atoms with Gasteiger partial charge in [-0.25, -0.2) is 9.97 Å². The lowest BCUT2D eigenvalue weighted by atomic mass is 9.66. The van der Waals surface area contributed by atoms with Crippen LogP contribution < -0.4 is 0 Å². The van der Waals surface area contributed by atoms with Gasteiger partial charge in [0.1, 0.15) is 36.4 Å². The van der Waals surface area contributed by atoms with Crippen LogP contribution in [0.25, 0.3) is 11.0 Å². The van der Waals surface area contributed by atoms with Gasteiger partial charge in [0.2, 0.25) is 0 Å². The van der Waals surface area contributed by atoms with Gasteiger partial charge in [-0.15, -0.1) is 0 Å². The molecule has 3 N–H and O–H groups in total. The fourth-order valence-corrected chi connectivity index (χ4v) is 4.62. The summed E-state index contributed by atoms with van der Waals surface area (Å²) >= 11 is 0. The van der Waals surface area contributed by atoms with Crippen LogP contribution in [-0.2, 0) is 16.6 Å². The number of aliphatic hydroxyl groups is 3. The molecule has 2 aromatic heterocycles. The summed E-state index contributed by atoms with van der Waals surface area (Å²) in [5.74, 6) is 0. The van der Waals surface area contributed by atoms with Crippen molar-refractivity contribution in [3.63, 3.8) is 0 Å². The first-order valence-electron chi connectivity index (χ1n) is 9.86. The van der Waals surface area contributed by atoms with Gasteiger partial charge in [0.15, 0.2) is 6.23 Å². The van der Waals surface area contributed by atoms with E-state index in [0.29, 0.717) is 17.6 Å². The Bertz CT molecular complexity index is 1190. The summed E-state index contributed by atoms with van der Waals surface area (Å²) in [5, 5.41) is 42.3. The molecule has 8 nitrogen and oxygen atoms in total. The minimum absolute atomic E-state index is 0.487. The maximum absolute atomic E-state index is 10.9. The highest BCUT2D eigenvalue weighted by Crippen LogP contribution is 2.43. The number of hydrogen-bond donors (Lipinski definition) is 3. The fraction of sp³-hybridized carbons (Fsp3) is 0.409. The zero-order valence-corrected chi connectivity index (χ0v) is 16.6. The average molecular weight is 406 g/mol. The Hall–Kier alpha value is -2.83. The van der Waals surface area contributed by atoms with E-state index in [1.54, 1.807) is 16.8 Å². The molecular weight excluding hydrogens is 384 g/mol. The number of benzene rings is 1. The molecule has 1 fully saturated rings. The van der Waals surface area contributed by atoms with E-state index in [-0.39, 0.29) is 0 Å². The third-order valence-electron chi connectivity index (χ3n) is 6.43. The van der Waals surface area contributed by atoms with Crippen molar-refractivity contribution in [2.24, 2.45) is 0 Å². The molecule has 2 aliphatic rings. The zero-order valence-electron chi connectivity index (χ0n) is 16.6. The van der Waals surface area contributed by atoms with Crippen LogP contribution in [-0.4, -0.2) is 48.2 Å². The van der Waals surface area contributed by atoms with Crippen LogP contribution in [0.15, 0.2) is 36.8 Å². The van der Waals surface area contributed by atoms with E-state index in [1.165, 1.54) is 6.33 Å². The average Bonchev–Trinajstić information content (AvgIpc) is 3.28. The molecule has 1 saturated heterocycles. The molecule has 0 amide bonds. The predicted molar refractivity (Wildman–Crippen MR) is 106 cm³/mol. The number of fused-ring (bicyclic) bond motifs is 2. The highest BCUT2D eigenvalue weighted by atomic mass is 16.6. The van der Waals surface area contributed by atoms with Crippen LogP contribution in [0.3, 0.4) is 0 Å². The van der Waals surface area contributed by atoms with Crippen LogP contribution >= 0.6 is 0 Å². The molecule has 0 radical (unpaired) electrons. The molecule has 0 spiro atoms. The van der Waals surface area contributed by atoms with Gasteiger partial charge in [-0.2, -0.15) is 5.26 Å². The lowest BCUT2D eigenvalue weighted by Crippen LogP contribution is -2.36. The minimum atomic E-state index is -1.28. The number of aryl methyl sites for hydroxylation is 1. The number of aromatic nitrogens is 3. The molecule has 8 heteroatoms. The Balaban J connectivity index is 1.43. The van der Waals surface area contributed by atoms with Gasteiger partial charge in [0.25, 0.3) is 0 Å². The van der Waals surface area contributed by atoms with Gasteiger partial charge in [0.05, 0.1) is 17.2 Å². The van der Waals surface area contributed by atoms with Crippen molar-refractivity contribution >= 4 is 11.0 Å². The fourth-order valence-electron chi connectivity index (χ4n) is 4.62. The molecule has 1 aromatic carbocycles. The minimum Gasteiger partial charge on any atom is -0.387 e. The smallest absolute Gasteiger partial charge is 0.164 e. The molecule has 1 aliphatic heterocycles. The number of ether oxygens (including phenoxy) is 1. The highest BCUT2D eigenvalue weighted by molar-refractivity contribution is 5.78. The molecule has 154 valence electrons. The molecule has 0 bridgehead atoms. The maximum atomic E-state index is 10.9. The topological polar surface area (TPSA) is 124 Å². The molecule has 1 aliphatic carbocycles. The molecule has 1 unspecified atom stereocenters. The van der Waals surface area contributed by atoms with E-state index in [9.17, 15) is 20.6 Å². The number of hydrogen-bond acceptors (Lipinski definition) is 7. The Morgan fingerprint density at radius 2 is 2.07 bits per heavy atom. The maximum Gasteiger partial charge on any atom is 0.164 e. The van der Waals surface area contributed by atoms with Gasteiger partial charge < -0.3 is 24.6 Å². The van der Waals surface area contributed by atoms with Gasteiger partial charge in [-0.3, -0.25) is 0 Å². The standard InChI is InChI=1S/C22H22N4O4/c1-11-14-5-6-26(20(14)25-10-24-11)21-18(29)17(28)19(30-21)16(27)12-3-4-15-13(7-12)8-22(15,2)9-23/h3-7,10,16-19,21,27-29H,8H2,1-2H3/t16-,17+,18-,19-,21-,22?/m1/s1. The monoisotopic (exact) mass is 406 g/mol. The van der Waals surface area contributed by atoms with Crippen molar-refractivity contribution in [3.05, 3.63) is 59.2 Å². The van der Waals surface area contributed by atoms with Crippen molar-refractivity contribution in [2.45, 2.75) is 56.3 Å². The first-order valence-corrected chi connectivity index (χ1v) is 9.86. The first-order chi connectivity index (χ1) is 14.3. The number of aliphatic hydroxyl groups excluding tert-OH is 3. The summed E-state index contributed by atoms with van der Waals surface area (Å²) in [6, 6.07) is 9.58. The molecule has 3 heterocycles. The molecule has 30 heavy (non-hydrogen) atoms. The van der Waals surface area contributed by atoms with Crippen molar-refractivity contribution < 1.29 is 20.1 Å². The lowest BCUT2D eigenvalue weighted by molar-refractivity contribution is -0.0848. The third kappa shape index (κ3) is 2.60. The van der Waals surface area contributed by atoms with Gasteiger partial charge >= 0.3 is 0 Å². The molecule has 6 atom stereocenters. The Labute approximate surface area is 173 Å². The van der Waals surface area contributed by atoms with Crippen molar-refractivity contribution in [3.8, 4) is 6.07 Å². The Kier molecular flexibility index (Phi) is 4.21. The van der Waals surface area contributed by atoms with E-state index in [2.05, 4.69) is 16.0 Å². The number of nitrogens with zero attached hydrogens (tertiary/aromatic N) is 4. The SMILES string of the molecule is Cc1ncnc2c1ccn2[C@@H]1O[C@H]([C@H](O)c2ccc3c(c2)CC3(C)C#N)[C@@H](O)[C@H]1O. The Morgan fingerprint density at radius 1 is 1.27 bits per heavy atom. The summed E-state index contributed by atoms with van der Waals surface area (Å²) in [5.41, 5.74) is 3.45. The van der Waals surface area contributed by atoms with Crippen LogP contribution in [0.4, 0.5) is 0 Å². The van der Waals surface area contributed by atoms with Crippen molar-refractivity contribution in [1.82, 2.24) is 14.5 Å². The van der Waals surface area contributed by atoms with Crippen LogP contribution in [0.1, 0.15) is 41.6 Å². The van der Waals surface area contributed by atoms with E-state index in [1.807, 2.05) is 32.0 Å². The number of rotatable bonds is 3. The van der Waals surface area contributed by atoms with Gasteiger partial charge in [-0.1, -0.05) is 18.2 Å². The molecular formula is C22H22N4O4. The molecule has 5 rings (SSSR count). The molecule has 3 aromatic rings. The van der Waals surface area contributed by atoms with Gasteiger partial charge in [0, 0.05) is 11.6 Å². The summed E-state index contributed by atoms with van der Waals surface area (Å²) in [4.78, 5) is 8.44. The van der Waals surface area contributed by atoms with E-state index < -0.39 is 36.1 Å². The predicted octanol–water partition coefficient (Wildman–Crippen LogP) is 1.43. The summed E-state index contributed by atoms with van der Waals surface area (Å²) in [6.07, 6.45) is -1.75. The zero-order chi connectivity index (χ0) is 21.2. The Morgan fingerprint density at radius 3 is 2.80 bits per heavy atom. The second kappa shape index (κ2) is 6.59. The van der Waals surface area contributed by atoms with Crippen molar-refractivity contribution in [2.75, 3.05) is 0 Å².